The maximum atomic E-state index is 12.4. The van der Waals surface area contributed by atoms with Crippen LogP contribution in [0, 0.1) is 6.92 Å². The molecule has 3 heteroatoms. The van der Waals surface area contributed by atoms with Gasteiger partial charge in [-0.15, -0.1) is 0 Å². The first-order valence-corrected chi connectivity index (χ1v) is 7.51. The van der Waals surface area contributed by atoms with Crippen LogP contribution in [0.15, 0.2) is 78.9 Å². The highest BCUT2D eigenvalue weighted by atomic mass is 16.1. The van der Waals surface area contributed by atoms with Crippen LogP contribution in [0.3, 0.4) is 0 Å². The average molecular weight is 302 g/mol. The highest BCUT2D eigenvalue weighted by Crippen LogP contribution is 2.22. The minimum atomic E-state index is -0.118. The predicted octanol–water partition coefficient (Wildman–Crippen LogP) is 4.99. The third kappa shape index (κ3) is 3.77. The quantitative estimate of drug-likeness (QED) is 0.712. The number of hydrogen-bond donors (Lipinski definition) is 2. The normalized spacial score (nSPS) is 10.1. The molecule has 3 aromatic carbocycles. The molecule has 0 bridgehead atoms. The number of carbonyl (C=O) groups is 1. The molecule has 0 spiro atoms. The van der Waals surface area contributed by atoms with E-state index in [-0.39, 0.29) is 5.91 Å². The van der Waals surface area contributed by atoms with Crippen LogP contribution in [0.2, 0.25) is 0 Å². The van der Waals surface area contributed by atoms with E-state index in [0.29, 0.717) is 5.56 Å². The molecule has 0 atom stereocenters. The smallest absolute Gasteiger partial charge is 0.255 e. The number of carbonyl (C=O) groups excluding carboxylic acids is 1. The molecule has 0 aliphatic carbocycles. The summed E-state index contributed by atoms with van der Waals surface area (Å²) < 4.78 is 0. The van der Waals surface area contributed by atoms with Gasteiger partial charge in [0.25, 0.3) is 5.91 Å². The van der Waals surface area contributed by atoms with Gasteiger partial charge in [0, 0.05) is 22.6 Å². The van der Waals surface area contributed by atoms with Crippen LogP contribution in [0.4, 0.5) is 17.1 Å². The van der Waals surface area contributed by atoms with Gasteiger partial charge < -0.3 is 10.6 Å². The topological polar surface area (TPSA) is 41.1 Å². The minimum Gasteiger partial charge on any atom is -0.355 e. The highest BCUT2D eigenvalue weighted by molar-refractivity contribution is 6.05. The van der Waals surface area contributed by atoms with Crippen molar-refractivity contribution in [3.63, 3.8) is 0 Å². The average Bonchev–Trinajstić information content (AvgIpc) is 2.58. The number of aryl methyl sites for hydroxylation is 1. The lowest BCUT2D eigenvalue weighted by Crippen LogP contribution is -2.12. The lowest BCUT2D eigenvalue weighted by molar-refractivity contribution is 0.102. The fourth-order valence-corrected chi connectivity index (χ4v) is 2.30. The number of anilines is 3. The summed E-state index contributed by atoms with van der Waals surface area (Å²) in [6, 6.07) is 25.0. The SMILES string of the molecule is Cc1ccc(C(=O)Nc2ccccc2)cc1Nc1ccccc1. The molecule has 2 N–H and O–H groups in total. The van der Waals surface area contributed by atoms with E-state index in [1.54, 1.807) is 0 Å². The van der Waals surface area contributed by atoms with Gasteiger partial charge >= 0.3 is 0 Å². The number of rotatable bonds is 4. The van der Waals surface area contributed by atoms with Gasteiger partial charge in [0.15, 0.2) is 0 Å². The molecule has 3 aromatic rings. The molecule has 0 aliphatic heterocycles. The Balaban J connectivity index is 1.81. The molecule has 3 rings (SSSR count). The molecule has 0 heterocycles. The molecule has 3 nitrogen and oxygen atoms in total. The molecule has 0 aliphatic rings. The third-order valence-corrected chi connectivity index (χ3v) is 3.58. The summed E-state index contributed by atoms with van der Waals surface area (Å²) in [6.07, 6.45) is 0. The Hall–Kier alpha value is -3.07. The van der Waals surface area contributed by atoms with Gasteiger partial charge in [0.2, 0.25) is 0 Å². The van der Waals surface area contributed by atoms with Crippen molar-refractivity contribution in [3.8, 4) is 0 Å². The Bertz CT molecular complexity index is 798. The van der Waals surface area contributed by atoms with Crippen LogP contribution in [-0.2, 0) is 0 Å². The van der Waals surface area contributed by atoms with Crippen LogP contribution in [-0.4, -0.2) is 5.91 Å². The fourth-order valence-electron chi connectivity index (χ4n) is 2.30. The second kappa shape index (κ2) is 6.79. The van der Waals surface area contributed by atoms with E-state index in [0.717, 1.165) is 22.6 Å². The monoisotopic (exact) mass is 302 g/mol. The molecule has 114 valence electrons. The van der Waals surface area contributed by atoms with Crippen LogP contribution < -0.4 is 10.6 Å². The Morgan fingerprint density at radius 3 is 2.04 bits per heavy atom. The first-order chi connectivity index (χ1) is 11.2. The Kier molecular flexibility index (Phi) is 4.39. The van der Waals surface area contributed by atoms with E-state index in [1.807, 2.05) is 85.8 Å². The molecular weight excluding hydrogens is 284 g/mol. The molecule has 1 amide bonds. The summed E-state index contributed by atoms with van der Waals surface area (Å²) in [5.74, 6) is -0.118. The van der Waals surface area contributed by atoms with Gasteiger partial charge in [-0.1, -0.05) is 42.5 Å². The molecule has 0 unspecified atom stereocenters. The van der Waals surface area contributed by atoms with Gasteiger partial charge in [-0.25, -0.2) is 0 Å². The van der Waals surface area contributed by atoms with E-state index in [9.17, 15) is 4.79 Å². The maximum Gasteiger partial charge on any atom is 0.255 e. The summed E-state index contributed by atoms with van der Waals surface area (Å²) >= 11 is 0. The number of amides is 1. The molecule has 0 saturated carbocycles. The van der Waals surface area contributed by atoms with Gasteiger partial charge in [-0.2, -0.15) is 0 Å². The fraction of sp³-hybridized carbons (Fsp3) is 0.0500. The molecule has 0 saturated heterocycles. The van der Waals surface area contributed by atoms with Crippen molar-refractivity contribution in [2.24, 2.45) is 0 Å². The predicted molar refractivity (Wildman–Crippen MR) is 95.3 cm³/mol. The van der Waals surface area contributed by atoms with Crippen molar-refractivity contribution in [1.29, 1.82) is 0 Å². The van der Waals surface area contributed by atoms with Gasteiger partial charge in [-0.3, -0.25) is 4.79 Å². The van der Waals surface area contributed by atoms with Crippen molar-refractivity contribution in [2.75, 3.05) is 10.6 Å². The standard InChI is InChI=1S/C20H18N2O/c1-15-12-13-16(20(23)22-18-10-6-3-7-11-18)14-19(15)21-17-8-4-2-5-9-17/h2-14,21H,1H3,(H,22,23). The van der Waals surface area contributed by atoms with E-state index in [1.165, 1.54) is 0 Å². The van der Waals surface area contributed by atoms with Gasteiger partial charge in [0.1, 0.15) is 0 Å². The zero-order chi connectivity index (χ0) is 16.1. The maximum absolute atomic E-state index is 12.4. The lowest BCUT2D eigenvalue weighted by atomic mass is 10.1. The van der Waals surface area contributed by atoms with Crippen molar-refractivity contribution < 1.29 is 4.79 Å². The van der Waals surface area contributed by atoms with Crippen LogP contribution in [0.5, 0.6) is 0 Å². The second-order valence-corrected chi connectivity index (χ2v) is 5.34. The van der Waals surface area contributed by atoms with E-state index < -0.39 is 0 Å². The number of para-hydroxylation sites is 2. The summed E-state index contributed by atoms with van der Waals surface area (Å²) in [7, 11) is 0. The van der Waals surface area contributed by atoms with E-state index in [2.05, 4.69) is 10.6 Å². The zero-order valence-corrected chi connectivity index (χ0v) is 12.9. The highest BCUT2D eigenvalue weighted by Gasteiger charge is 2.08. The van der Waals surface area contributed by atoms with Crippen LogP contribution in [0.1, 0.15) is 15.9 Å². The van der Waals surface area contributed by atoms with Crippen molar-refractivity contribution in [1.82, 2.24) is 0 Å². The summed E-state index contributed by atoms with van der Waals surface area (Å²) in [6.45, 7) is 2.02. The number of nitrogens with one attached hydrogen (secondary N) is 2. The van der Waals surface area contributed by atoms with E-state index in [4.69, 9.17) is 0 Å². The molecule has 0 aromatic heterocycles. The molecule has 23 heavy (non-hydrogen) atoms. The lowest BCUT2D eigenvalue weighted by Gasteiger charge is -2.12. The third-order valence-electron chi connectivity index (χ3n) is 3.58. The first-order valence-electron chi connectivity index (χ1n) is 7.51. The summed E-state index contributed by atoms with van der Waals surface area (Å²) in [4.78, 5) is 12.4. The second-order valence-electron chi connectivity index (χ2n) is 5.34. The first kappa shape index (κ1) is 14.9. The zero-order valence-electron chi connectivity index (χ0n) is 12.9. The van der Waals surface area contributed by atoms with Crippen molar-refractivity contribution in [3.05, 3.63) is 90.0 Å². The largest absolute Gasteiger partial charge is 0.355 e. The number of hydrogen-bond acceptors (Lipinski definition) is 2. The Labute approximate surface area is 136 Å². The Morgan fingerprint density at radius 2 is 1.39 bits per heavy atom. The van der Waals surface area contributed by atoms with E-state index >= 15 is 0 Å². The Morgan fingerprint density at radius 1 is 0.783 bits per heavy atom. The molecular formula is C20H18N2O. The minimum absolute atomic E-state index is 0.118. The van der Waals surface area contributed by atoms with Crippen molar-refractivity contribution in [2.45, 2.75) is 6.92 Å². The summed E-state index contributed by atoms with van der Waals surface area (Å²) in [5.41, 5.74) is 4.42. The van der Waals surface area contributed by atoms with Gasteiger partial charge in [0.05, 0.1) is 0 Å². The number of benzene rings is 3. The molecule has 0 fully saturated rings. The van der Waals surface area contributed by atoms with Crippen molar-refractivity contribution >= 4 is 23.0 Å². The van der Waals surface area contributed by atoms with Gasteiger partial charge in [-0.05, 0) is 48.9 Å². The molecule has 0 radical (unpaired) electrons. The summed E-state index contributed by atoms with van der Waals surface area (Å²) in [5, 5.41) is 6.25. The van der Waals surface area contributed by atoms with Crippen LogP contribution >= 0.6 is 0 Å². The van der Waals surface area contributed by atoms with Crippen LogP contribution in [0.25, 0.3) is 0 Å².